The Morgan fingerprint density at radius 3 is 2.61 bits per heavy atom. The van der Waals surface area contributed by atoms with Gasteiger partial charge in [0.15, 0.2) is 0 Å². The summed E-state index contributed by atoms with van der Waals surface area (Å²) in [5, 5.41) is 6.79. The number of hydrogen-bond acceptors (Lipinski definition) is 2. The topological polar surface area (TPSA) is 24.1 Å². The van der Waals surface area contributed by atoms with Crippen LogP contribution in [0.2, 0.25) is 0 Å². The van der Waals surface area contributed by atoms with Crippen molar-refractivity contribution in [1.82, 2.24) is 10.6 Å². The van der Waals surface area contributed by atoms with Crippen LogP contribution >= 0.6 is 0 Å². The van der Waals surface area contributed by atoms with Gasteiger partial charge in [0.2, 0.25) is 0 Å². The molecule has 4 heteroatoms. The molecule has 0 bridgehead atoms. The highest BCUT2D eigenvalue weighted by atomic mass is 19.1. The average Bonchev–Trinajstić information content (AvgIpc) is 2.35. The van der Waals surface area contributed by atoms with E-state index in [1.807, 2.05) is 0 Å². The second kappa shape index (κ2) is 6.81. The summed E-state index contributed by atoms with van der Waals surface area (Å²) < 4.78 is 25.9. The molecule has 1 unspecified atom stereocenters. The molecule has 0 radical (unpaired) electrons. The number of rotatable bonds is 5. The van der Waals surface area contributed by atoms with E-state index in [0.717, 1.165) is 25.7 Å². The van der Waals surface area contributed by atoms with E-state index < -0.39 is 11.6 Å². The van der Waals surface area contributed by atoms with E-state index in [9.17, 15) is 8.78 Å². The molecule has 1 atom stereocenters. The van der Waals surface area contributed by atoms with Gasteiger partial charge in [-0.2, -0.15) is 0 Å². The number of benzene rings is 1. The molecule has 0 aliphatic carbocycles. The molecule has 2 N–H and O–H groups in total. The first-order valence-electron chi connectivity index (χ1n) is 6.63. The summed E-state index contributed by atoms with van der Waals surface area (Å²) in [6, 6.07) is 4.24. The average molecular weight is 254 g/mol. The predicted octanol–water partition coefficient (Wildman–Crippen LogP) is 2.24. The molecule has 1 aromatic rings. The normalized spacial score (nSPS) is 20.0. The maximum atomic E-state index is 13.0. The van der Waals surface area contributed by atoms with Crippen molar-refractivity contribution in [3.63, 3.8) is 0 Å². The molecule has 2 nitrogen and oxygen atoms in total. The van der Waals surface area contributed by atoms with Gasteiger partial charge in [0, 0.05) is 18.7 Å². The van der Waals surface area contributed by atoms with Crippen LogP contribution in [0.15, 0.2) is 18.2 Å². The summed E-state index contributed by atoms with van der Waals surface area (Å²) in [7, 11) is 0. The first-order chi connectivity index (χ1) is 8.74. The zero-order valence-corrected chi connectivity index (χ0v) is 10.5. The lowest BCUT2D eigenvalue weighted by atomic mass is 10.1. The lowest BCUT2D eigenvalue weighted by Crippen LogP contribution is -2.42. The van der Waals surface area contributed by atoms with E-state index in [1.165, 1.54) is 31.4 Å². The predicted molar refractivity (Wildman–Crippen MR) is 68.6 cm³/mol. The molecule has 0 spiro atoms. The molecular weight excluding hydrogens is 234 g/mol. The van der Waals surface area contributed by atoms with Crippen molar-refractivity contribution in [1.29, 1.82) is 0 Å². The molecular formula is C14H20F2N2. The molecule has 0 amide bonds. The zero-order valence-electron chi connectivity index (χ0n) is 10.5. The summed E-state index contributed by atoms with van der Waals surface area (Å²) in [4.78, 5) is 0. The van der Waals surface area contributed by atoms with Crippen molar-refractivity contribution in [2.75, 3.05) is 19.6 Å². The summed E-state index contributed by atoms with van der Waals surface area (Å²) in [5.74, 6) is -1.00. The molecule has 1 saturated heterocycles. The third-order valence-corrected chi connectivity index (χ3v) is 3.32. The summed E-state index contributed by atoms with van der Waals surface area (Å²) in [6.07, 6.45) is 4.41. The molecule has 2 rings (SSSR count). The summed E-state index contributed by atoms with van der Waals surface area (Å²) >= 11 is 0. The minimum Gasteiger partial charge on any atom is -0.315 e. The van der Waals surface area contributed by atoms with Crippen LogP contribution in [-0.2, 0) is 6.42 Å². The quantitative estimate of drug-likeness (QED) is 0.787. The van der Waals surface area contributed by atoms with Crippen molar-refractivity contribution in [3.8, 4) is 0 Å². The van der Waals surface area contributed by atoms with Gasteiger partial charge < -0.3 is 10.6 Å². The standard InChI is InChI=1S/C14H20F2N2/c15-12-7-11(8-13(16)9-12)4-6-17-10-14-3-1-2-5-18-14/h7-9,14,17-18H,1-6,10H2. The number of piperidine rings is 1. The highest BCUT2D eigenvalue weighted by Crippen LogP contribution is 2.08. The minimum absolute atomic E-state index is 0.501. The Labute approximate surface area is 107 Å². The van der Waals surface area contributed by atoms with E-state index >= 15 is 0 Å². The van der Waals surface area contributed by atoms with Crippen molar-refractivity contribution >= 4 is 0 Å². The maximum absolute atomic E-state index is 13.0. The third-order valence-electron chi connectivity index (χ3n) is 3.32. The molecule has 1 fully saturated rings. The van der Waals surface area contributed by atoms with Crippen molar-refractivity contribution < 1.29 is 8.78 Å². The fourth-order valence-electron chi connectivity index (χ4n) is 2.36. The van der Waals surface area contributed by atoms with Crippen LogP contribution in [0.1, 0.15) is 24.8 Å². The Morgan fingerprint density at radius 2 is 1.94 bits per heavy atom. The second-order valence-corrected chi connectivity index (χ2v) is 4.88. The Hall–Kier alpha value is -1.00. The van der Waals surface area contributed by atoms with E-state index in [-0.39, 0.29) is 0 Å². The van der Waals surface area contributed by atoms with Crippen LogP contribution in [0.4, 0.5) is 8.78 Å². The highest BCUT2D eigenvalue weighted by Gasteiger charge is 2.11. The maximum Gasteiger partial charge on any atom is 0.126 e. The minimum atomic E-state index is -0.501. The molecule has 0 saturated carbocycles. The van der Waals surface area contributed by atoms with Gasteiger partial charge in [0.1, 0.15) is 11.6 Å². The lowest BCUT2D eigenvalue weighted by Gasteiger charge is -2.23. The van der Waals surface area contributed by atoms with E-state index in [4.69, 9.17) is 0 Å². The highest BCUT2D eigenvalue weighted by molar-refractivity contribution is 5.18. The van der Waals surface area contributed by atoms with Gasteiger partial charge in [-0.15, -0.1) is 0 Å². The van der Waals surface area contributed by atoms with Crippen molar-refractivity contribution in [2.24, 2.45) is 0 Å². The Balaban J connectivity index is 1.68. The van der Waals surface area contributed by atoms with Crippen LogP contribution < -0.4 is 10.6 Å². The smallest absolute Gasteiger partial charge is 0.126 e. The molecule has 1 aliphatic rings. The van der Waals surface area contributed by atoms with Gasteiger partial charge in [0.25, 0.3) is 0 Å². The van der Waals surface area contributed by atoms with Crippen LogP contribution in [-0.4, -0.2) is 25.7 Å². The fraction of sp³-hybridized carbons (Fsp3) is 0.571. The van der Waals surface area contributed by atoms with Gasteiger partial charge in [-0.3, -0.25) is 0 Å². The third kappa shape index (κ3) is 4.35. The van der Waals surface area contributed by atoms with Gasteiger partial charge >= 0.3 is 0 Å². The van der Waals surface area contributed by atoms with E-state index in [0.29, 0.717) is 18.0 Å². The molecule has 100 valence electrons. The lowest BCUT2D eigenvalue weighted by molar-refractivity contribution is 0.384. The van der Waals surface area contributed by atoms with Gasteiger partial charge in [-0.25, -0.2) is 8.78 Å². The zero-order chi connectivity index (χ0) is 12.8. The summed E-state index contributed by atoms with van der Waals surface area (Å²) in [5.41, 5.74) is 0.705. The fourth-order valence-corrected chi connectivity index (χ4v) is 2.36. The van der Waals surface area contributed by atoms with Gasteiger partial charge in [-0.05, 0) is 50.0 Å². The Bertz CT molecular complexity index is 356. The summed E-state index contributed by atoms with van der Waals surface area (Å²) in [6.45, 7) is 2.78. The number of hydrogen-bond donors (Lipinski definition) is 2. The first-order valence-corrected chi connectivity index (χ1v) is 6.63. The SMILES string of the molecule is Fc1cc(F)cc(CCNCC2CCCCN2)c1. The second-order valence-electron chi connectivity index (χ2n) is 4.88. The molecule has 1 heterocycles. The Morgan fingerprint density at radius 1 is 1.17 bits per heavy atom. The van der Waals surface area contributed by atoms with E-state index in [1.54, 1.807) is 0 Å². The molecule has 1 aliphatic heterocycles. The number of halogens is 2. The molecule has 0 aromatic heterocycles. The van der Waals surface area contributed by atoms with Crippen LogP contribution in [0.3, 0.4) is 0 Å². The van der Waals surface area contributed by atoms with Crippen molar-refractivity contribution in [3.05, 3.63) is 35.4 Å². The monoisotopic (exact) mass is 254 g/mol. The molecule has 18 heavy (non-hydrogen) atoms. The number of nitrogens with one attached hydrogen (secondary N) is 2. The van der Waals surface area contributed by atoms with Gasteiger partial charge in [-0.1, -0.05) is 6.42 Å². The van der Waals surface area contributed by atoms with E-state index in [2.05, 4.69) is 10.6 Å². The molecule has 1 aromatic carbocycles. The van der Waals surface area contributed by atoms with Crippen LogP contribution in [0.5, 0.6) is 0 Å². The largest absolute Gasteiger partial charge is 0.315 e. The first kappa shape index (κ1) is 13.4. The van der Waals surface area contributed by atoms with Crippen LogP contribution in [0.25, 0.3) is 0 Å². The van der Waals surface area contributed by atoms with Crippen molar-refractivity contribution in [2.45, 2.75) is 31.7 Å². The van der Waals surface area contributed by atoms with Gasteiger partial charge in [0.05, 0.1) is 0 Å². The Kier molecular flexibility index (Phi) is 5.08. The van der Waals surface area contributed by atoms with Crippen LogP contribution in [0, 0.1) is 11.6 Å².